The molecule has 0 bridgehead atoms. The van der Waals surface area contributed by atoms with Crippen LogP contribution < -0.4 is 5.32 Å². The number of carbonyl (C=O) groups is 1. The minimum atomic E-state index is -0.186. The highest BCUT2D eigenvalue weighted by Gasteiger charge is 2.15. The normalized spacial score (nSPS) is 11.9. The topological polar surface area (TPSA) is 42.0 Å². The van der Waals surface area contributed by atoms with Crippen molar-refractivity contribution < 1.29 is 4.79 Å². The molecular formula is C15H16N2O. The van der Waals surface area contributed by atoms with Crippen LogP contribution in [0.2, 0.25) is 0 Å². The van der Waals surface area contributed by atoms with Crippen molar-refractivity contribution >= 4 is 11.7 Å². The molecular weight excluding hydrogens is 224 g/mol. The van der Waals surface area contributed by atoms with Crippen molar-refractivity contribution in [3.05, 3.63) is 59.8 Å². The number of benzene rings is 1. The molecule has 0 aliphatic carbocycles. The van der Waals surface area contributed by atoms with Crippen LogP contribution in [-0.2, 0) is 4.79 Å². The summed E-state index contributed by atoms with van der Waals surface area (Å²) in [4.78, 5) is 16.2. The van der Waals surface area contributed by atoms with Crippen LogP contribution in [0.25, 0.3) is 0 Å². The van der Waals surface area contributed by atoms with Crippen LogP contribution in [0.15, 0.2) is 48.7 Å². The third kappa shape index (κ3) is 2.94. The zero-order valence-electron chi connectivity index (χ0n) is 10.6. The second kappa shape index (κ2) is 5.45. The summed E-state index contributed by atoms with van der Waals surface area (Å²) in [6.07, 6.45) is 1.74. The van der Waals surface area contributed by atoms with Gasteiger partial charge in [0.05, 0.1) is 5.92 Å². The Morgan fingerprint density at radius 3 is 2.50 bits per heavy atom. The number of hydrogen-bond donors (Lipinski definition) is 1. The number of rotatable bonds is 3. The number of aryl methyl sites for hydroxylation is 1. The van der Waals surface area contributed by atoms with Crippen LogP contribution in [0, 0.1) is 6.92 Å². The summed E-state index contributed by atoms with van der Waals surface area (Å²) in [6, 6.07) is 13.4. The largest absolute Gasteiger partial charge is 0.310 e. The SMILES string of the molecule is Cc1ccc(NC(=O)[C@@H](C)c2ccccc2)nc1. The summed E-state index contributed by atoms with van der Waals surface area (Å²) in [7, 11) is 0. The molecule has 2 rings (SSSR count). The number of hydrogen-bond acceptors (Lipinski definition) is 2. The van der Waals surface area contributed by atoms with E-state index >= 15 is 0 Å². The maximum absolute atomic E-state index is 12.0. The van der Waals surface area contributed by atoms with Crippen LogP contribution in [0.5, 0.6) is 0 Å². The number of nitrogens with zero attached hydrogens (tertiary/aromatic N) is 1. The number of carbonyl (C=O) groups excluding carboxylic acids is 1. The highest BCUT2D eigenvalue weighted by Crippen LogP contribution is 2.16. The quantitative estimate of drug-likeness (QED) is 0.895. The summed E-state index contributed by atoms with van der Waals surface area (Å²) in [6.45, 7) is 3.85. The summed E-state index contributed by atoms with van der Waals surface area (Å²) in [5.41, 5.74) is 2.08. The van der Waals surface area contributed by atoms with E-state index in [9.17, 15) is 4.79 Å². The molecule has 3 heteroatoms. The van der Waals surface area contributed by atoms with E-state index in [4.69, 9.17) is 0 Å². The first kappa shape index (κ1) is 12.3. The Bertz CT molecular complexity index is 520. The molecule has 1 aromatic carbocycles. The standard InChI is InChI=1S/C15H16N2O/c1-11-8-9-14(16-10-11)17-15(18)12(2)13-6-4-3-5-7-13/h3-10,12H,1-2H3,(H,16,17,18)/t12-/m0/s1. The van der Waals surface area contributed by atoms with Gasteiger partial charge in [0.2, 0.25) is 5.91 Å². The first-order valence-corrected chi connectivity index (χ1v) is 5.95. The molecule has 2 aromatic rings. The monoisotopic (exact) mass is 240 g/mol. The van der Waals surface area contributed by atoms with Crippen molar-refractivity contribution in [2.24, 2.45) is 0 Å². The first-order valence-electron chi connectivity index (χ1n) is 5.95. The van der Waals surface area contributed by atoms with Crippen LogP contribution in [0.1, 0.15) is 24.0 Å². The van der Waals surface area contributed by atoms with Gasteiger partial charge in [-0.05, 0) is 31.0 Å². The van der Waals surface area contributed by atoms with Gasteiger partial charge in [0.15, 0.2) is 0 Å². The average molecular weight is 240 g/mol. The van der Waals surface area contributed by atoms with E-state index < -0.39 is 0 Å². The molecule has 0 radical (unpaired) electrons. The number of aromatic nitrogens is 1. The molecule has 3 nitrogen and oxygen atoms in total. The Kier molecular flexibility index (Phi) is 3.72. The van der Waals surface area contributed by atoms with Crippen molar-refractivity contribution in [1.82, 2.24) is 4.98 Å². The van der Waals surface area contributed by atoms with Crippen LogP contribution in [-0.4, -0.2) is 10.9 Å². The molecule has 1 atom stereocenters. The second-order valence-corrected chi connectivity index (χ2v) is 4.34. The Morgan fingerprint density at radius 1 is 1.17 bits per heavy atom. The molecule has 0 aliphatic rings. The summed E-state index contributed by atoms with van der Waals surface area (Å²) in [5.74, 6) is 0.361. The number of anilines is 1. The average Bonchev–Trinajstić information content (AvgIpc) is 2.41. The molecule has 0 fully saturated rings. The third-order valence-corrected chi connectivity index (χ3v) is 2.86. The fraction of sp³-hybridized carbons (Fsp3) is 0.200. The van der Waals surface area contributed by atoms with Crippen molar-refractivity contribution in [3.8, 4) is 0 Å². The van der Waals surface area contributed by atoms with Gasteiger partial charge in [-0.1, -0.05) is 36.4 Å². The Labute approximate surface area is 107 Å². The third-order valence-electron chi connectivity index (χ3n) is 2.86. The van der Waals surface area contributed by atoms with E-state index in [1.807, 2.05) is 56.3 Å². The zero-order chi connectivity index (χ0) is 13.0. The van der Waals surface area contributed by atoms with Gasteiger partial charge in [0.25, 0.3) is 0 Å². The molecule has 0 spiro atoms. The van der Waals surface area contributed by atoms with Crippen LogP contribution in [0.3, 0.4) is 0 Å². The summed E-state index contributed by atoms with van der Waals surface area (Å²) in [5, 5.41) is 2.82. The van der Waals surface area contributed by atoms with E-state index in [-0.39, 0.29) is 11.8 Å². The molecule has 1 N–H and O–H groups in total. The minimum absolute atomic E-state index is 0.0439. The van der Waals surface area contributed by atoms with E-state index in [0.717, 1.165) is 11.1 Å². The molecule has 1 amide bonds. The van der Waals surface area contributed by atoms with Crippen molar-refractivity contribution in [2.45, 2.75) is 19.8 Å². The highest BCUT2D eigenvalue weighted by molar-refractivity contribution is 5.94. The number of pyridine rings is 1. The van der Waals surface area contributed by atoms with Gasteiger partial charge in [0.1, 0.15) is 5.82 Å². The number of amides is 1. The van der Waals surface area contributed by atoms with Gasteiger partial charge < -0.3 is 5.32 Å². The molecule has 0 aliphatic heterocycles. The lowest BCUT2D eigenvalue weighted by molar-refractivity contribution is -0.117. The fourth-order valence-electron chi connectivity index (χ4n) is 1.67. The smallest absolute Gasteiger partial charge is 0.232 e. The molecule has 0 saturated heterocycles. The Hall–Kier alpha value is -2.16. The summed E-state index contributed by atoms with van der Waals surface area (Å²) >= 11 is 0. The van der Waals surface area contributed by atoms with Gasteiger partial charge in [-0.2, -0.15) is 0 Å². The molecule has 92 valence electrons. The van der Waals surface area contributed by atoms with Gasteiger partial charge in [0, 0.05) is 6.20 Å². The van der Waals surface area contributed by atoms with E-state index in [2.05, 4.69) is 10.3 Å². The molecule has 0 unspecified atom stereocenters. The Morgan fingerprint density at radius 2 is 1.89 bits per heavy atom. The van der Waals surface area contributed by atoms with Crippen molar-refractivity contribution in [1.29, 1.82) is 0 Å². The predicted molar refractivity (Wildman–Crippen MR) is 72.5 cm³/mol. The predicted octanol–water partition coefficient (Wildman–Crippen LogP) is 3.13. The van der Waals surface area contributed by atoms with E-state index in [0.29, 0.717) is 5.82 Å². The molecule has 0 saturated carbocycles. The lowest BCUT2D eigenvalue weighted by Crippen LogP contribution is -2.19. The zero-order valence-corrected chi connectivity index (χ0v) is 10.6. The van der Waals surface area contributed by atoms with E-state index in [1.165, 1.54) is 0 Å². The maximum atomic E-state index is 12.0. The summed E-state index contributed by atoms with van der Waals surface area (Å²) < 4.78 is 0. The molecule has 18 heavy (non-hydrogen) atoms. The van der Waals surface area contributed by atoms with Gasteiger partial charge in [-0.25, -0.2) is 4.98 Å². The number of nitrogens with one attached hydrogen (secondary N) is 1. The molecule has 1 heterocycles. The molecule has 1 aromatic heterocycles. The second-order valence-electron chi connectivity index (χ2n) is 4.34. The Balaban J connectivity index is 2.06. The van der Waals surface area contributed by atoms with Gasteiger partial charge in [-0.15, -0.1) is 0 Å². The lowest BCUT2D eigenvalue weighted by atomic mass is 10.0. The first-order chi connectivity index (χ1) is 8.66. The maximum Gasteiger partial charge on any atom is 0.232 e. The van der Waals surface area contributed by atoms with Gasteiger partial charge in [-0.3, -0.25) is 4.79 Å². The van der Waals surface area contributed by atoms with Crippen LogP contribution in [0.4, 0.5) is 5.82 Å². The van der Waals surface area contributed by atoms with Crippen LogP contribution >= 0.6 is 0 Å². The highest BCUT2D eigenvalue weighted by atomic mass is 16.1. The van der Waals surface area contributed by atoms with Crippen molar-refractivity contribution in [3.63, 3.8) is 0 Å². The van der Waals surface area contributed by atoms with E-state index in [1.54, 1.807) is 6.20 Å². The fourth-order valence-corrected chi connectivity index (χ4v) is 1.67. The minimum Gasteiger partial charge on any atom is -0.310 e. The van der Waals surface area contributed by atoms with Gasteiger partial charge >= 0.3 is 0 Å². The lowest BCUT2D eigenvalue weighted by Gasteiger charge is -2.11. The van der Waals surface area contributed by atoms with Crippen molar-refractivity contribution in [2.75, 3.05) is 5.32 Å².